The molecule has 0 aliphatic rings. The molecule has 2 rings (SSSR count). The van der Waals surface area contributed by atoms with Gasteiger partial charge in [-0.1, -0.05) is 25.1 Å². The molecule has 0 fully saturated rings. The largest absolute Gasteiger partial charge is 0.467 e. The van der Waals surface area contributed by atoms with Gasteiger partial charge in [0.1, 0.15) is 11.8 Å². The molecule has 1 amide bonds. The second-order valence-electron chi connectivity index (χ2n) is 4.87. The molecule has 0 N–H and O–H groups in total. The normalized spacial score (nSPS) is 11.8. The number of hydrogen-bond acceptors (Lipinski definition) is 4. The molecule has 2 aromatic rings. The van der Waals surface area contributed by atoms with Crippen LogP contribution in [0.5, 0.6) is 0 Å². The van der Waals surface area contributed by atoms with Gasteiger partial charge in [-0.05, 0) is 37.6 Å². The van der Waals surface area contributed by atoms with Crippen molar-refractivity contribution in [3.05, 3.63) is 54.0 Å². The van der Waals surface area contributed by atoms with Gasteiger partial charge >= 0.3 is 5.97 Å². The quantitative estimate of drug-likeness (QED) is 0.796. The summed E-state index contributed by atoms with van der Waals surface area (Å²) in [4.78, 5) is 26.3. The fraction of sp³-hybridized carbons (Fsp3) is 0.294. The van der Waals surface area contributed by atoms with Crippen LogP contribution in [0.25, 0.3) is 0 Å². The van der Waals surface area contributed by atoms with Crippen molar-refractivity contribution in [1.29, 1.82) is 0 Å². The lowest BCUT2D eigenvalue weighted by molar-refractivity contribution is -0.142. The van der Waals surface area contributed by atoms with Crippen LogP contribution in [-0.2, 0) is 9.53 Å². The first-order valence-electron chi connectivity index (χ1n) is 7.11. The summed E-state index contributed by atoms with van der Waals surface area (Å²) < 4.78 is 10.2. The van der Waals surface area contributed by atoms with Crippen molar-refractivity contribution in [1.82, 2.24) is 0 Å². The van der Waals surface area contributed by atoms with Gasteiger partial charge in [-0.15, -0.1) is 0 Å². The Morgan fingerprint density at radius 3 is 2.36 bits per heavy atom. The number of rotatable bonds is 5. The van der Waals surface area contributed by atoms with Crippen molar-refractivity contribution in [3.8, 4) is 0 Å². The van der Waals surface area contributed by atoms with Gasteiger partial charge in [0, 0.05) is 5.69 Å². The molecule has 5 nitrogen and oxygen atoms in total. The molecule has 116 valence electrons. The maximum Gasteiger partial charge on any atom is 0.328 e. The summed E-state index contributed by atoms with van der Waals surface area (Å²) >= 11 is 0. The summed E-state index contributed by atoms with van der Waals surface area (Å²) in [6.07, 6.45) is 0.437. The Balaban J connectivity index is 2.45. The summed E-state index contributed by atoms with van der Waals surface area (Å²) in [7, 11) is 1.32. The maximum absolute atomic E-state index is 12.8. The number of benzene rings is 1. The molecule has 1 heterocycles. The number of esters is 1. The summed E-state index contributed by atoms with van der Waals surface area (Å²) in [6, 6.07) is 11.7. The van der Waals surface area contributed by atoms with E-state index in [0.717, 1.165) is 0 Å². The Kier molecular flexibility index (Phi) is 4.99. The molecule has 0 spiro atoms. The molecule has 0 saturated heterocycles. The van der Waals surface area contributed by atoms with Crippen LogP contribution in [0.3, 0.4) is 0 Å². The number of amides is 1. The van der Waals surface area contributed by atoms with Crippen LogP contribution in [0.2, 0.25) is 0 Å². The number of aryl methyl sites for hydroxylation is 1. The van der Waals surface area contributed by atoms with E-state index in [-0.39, 0.29) is 11.7 Å². The number of anilines is 1. The van der Waals surface area contributed by atoms with E-state index in [4.69, 9.17) is 9.15 Å². The van der Waals surface area contributed by atoms with Gasteiger partial charge in [0.15, 0.2) is 5.76 Å². The number of carbonyl (C=O) groups excluding carboxylic acids is 2. The van der Waals surface area contributed by atoms with E-state index < -0.39 is 12.0 Å². The molecule has 0 aliphatic heterocycles. The summed E-state index contributed by atoms with van der Waals surface area (Å²) in [6.45, 7) is 3.60. The third-order valence-corrected chi connectivity index (χ3v) is 3.38. The van der Waals surface area contributed by atoms with E-state index in [1.807, 2.05) is 25.1 Å². The second kappa shape index (κ2) is 6.93. The fourth-order valence-corrected chi connectivity index (χ4v) is 2.29. The van der Waals surface area contributed by atoms with Crippen molar-refractivity contribution < 1.29 is 18.7 Å². The van der Waals surface area contributed by atoms with Crippen LogP contribution in [0.15, 0.2) is 46.9 Å². The highest BCUT2D eigenvalue weighted by Crippen LogP contribution is 2.23. The molecule has 0 saturated carbocycles. The Labute approximate surface area is 129 Å². The molecular weight excluding hydrogens is 282 g/mol. The molecule has 1 aromatic heterocycles. The number of para-hydroxylation sites is 1. The first kappa shape index (κ1) is 15.8. The van der Waals surface area contributed by atoms with Crippen LogP contribution in [0.4, 0.5) is 5.69 Å². The van der Waals surface area contributed by atoms with Crippen molar-refractivity contribution in [2.24, 2.45) is 0 Å². The molecule has 0 unspecified atom stereocenters. The highest BCUT2D eigenvalue weighted by atomic mass is 16.5. The minimum Gasteiger partial charge on any atom is -0.467 e. The van der Waals surface area contributed by atoms with E-state index in [1.165, 1.54) is 12.0 Å². The Bertz CT molecular complexity index is 648. The first-order valence-corrected chi connectivity index (χ1v) is 7.11. The summed E-state index contributed by atoms with van der Waals surface area (Å²) in [5.74, 6) is 0.0192. The van der Waals surface area contributed by atoms with E-state index in [1.54, 1.807) is 31.2 Å². The lowest BCUT2D eigenvalue weighted by Crippen LogP contribution is -2.45. The van der Waals surface area contributed by atoms with Gasteiger partial charge < -0.3 is 9.15 Å². The monoisotopic (exact) mass is 301 g/mol. The molecular formula is C17H19NO4. The lowest BCUT2D eigenvalue weighted by Gasteiger charge is -2.28. The average Bonchev–Trinajstić information content (AvgIpc) is 2.98. The Morgan fingerprint density at radius 1 is 1.18 bits per heavy atom. The lowest BCUT2D eigenvalue weighted by atomic mass is 10.1. The number of methoxy groups -OCH3 is 1. The number of nitrogens with zero attached hydrogens (tertiary/aromatic N) is 1. The van der Waals surface area contributed by atoms with Crippen LogP contribution in [0.1, 0.15) is 29.7 Å². The number of furan rings is 1. The first-order chi connectivity index (χ1) is 10.6. The number of ether oxygens (including phenoxy) is 1. The van der Waals surface area contributed by atoms with Crippen molar-refractivity contribution in [2.45, 2.75) is 26.3 Å². The SMILES string of the molecule is CC[C@H](C(=O)OC)N(C(=O)c1ccc(C)o1)c1ccccc1. The smallest absolute Gasteiger partial charge is 0.328 e. The van der Waals surface area contributed by atoms with Crippen molar-refractivity contribution in [2.75, 3.05) is 12.0 Å². The van der Waals surface area contributed by atoms with Crippen molar-refractivity contribution >= 4 is 17.6 Å². The maximum atomic E-state index is 12.8. The predicted octanol–water partition coefficient (Wildman–Crippen LogP) is 3.19. The average molecular weight is 301 g/mol. The highest BCUT2D eigenvalue weighted by Gasteiger charge is 2.32. The minimum atomic E-state index is -0.703. The van der Waals surface area contributed by atoms with Crippen LogP contribution in [-0.4, -0.2) is 25.0 Å². The standard InChI is InChI=1S/C17H19NO4/c1-4-14(17(20)21-3)18(13-8-6-5-7-9-13)16(19)15-11-10-12(2)22-15/h5-11,14H,4H2,1-3H3/t14-/m1/s1. The number of hydrogen-bond donors (Lipinski definition) is 0. The molecule has 22 heavy (non-hydrogen) atoms. The third-order valence-electron chi connectivity index (χ3n) is 3.38. The Morgan fingerprint density at radius 2 is 1.86 bits per heavy atom. The van der Waals surface area contributed by atoms with Crippen LogP contribution in [0, 0.1) is 6.92 Å². The van der Waals surface area contributed by atoms with Gasteiger partial charge in [0.25, 0.3) is 5.91 Å². The van der Waals surface area contributed by atoms with Gasteiger partial charge in [0.2, 0.25) is 0 Å². The second-order valence-corrected chi connectivity index (χ2v) is 4.87. The third kappa shape index (κ3) is 3.19. The van der Waals surface area contributed by atoms with Gasteiger partial charge in [0.05, 0.1) is 7.11 Å². The molecule has 1 aromatic carbocycles. The van der Waals surface area contributed by atoms with Gasteiger partial charge in [-0.25, -0.2) is 4.79 Å². The molecule has 1 atom stereocenters. The van der Waals surface area contributed by atoms with Crippen LogP contribution < -0.4 is 4.90 Å². The van der Waals surface area contributed by atoms with E-state index in [9.17, 15) is 9.59 Å². The van der Waals surface area contributed by atoms with Crippen molar-refractivity contribution in [3.63, 3.8) is 0 Å². The Hall–Kier alpha value is -2.56. The highest BCUT2D eigenvalue weighted by molar-refractivity contribution is 6.07. The molecule has 0 bridgehead atoms. The van der Waals surface area contributed by atoms with Crippen LogP contribution >= 0.6 is 0 Å². The molecule has 5 heteroatoms. The van der Waals surface area contributed by atoms with E-state index in [2.05, 4.69) is 0 Å². The molecule has 0 radical (unpaired) electrons. The fourth-order valence-electron chi connectivity index (χ4n) is 2.29. The summed E-state index contributed by atoms with van der Waals surface area (Å²) in [5, 5.41) is 0. The predicted molar refractivity (Wildman–Crippen MR) is 82.8 cm³/mol. The minimum absolute atomic E-state index is 0.198. The zero-order valence-corrected chi connectivity index (χ0v) is 12.9. The number of carbonyl (C=O) groups is 2. The molecule has 0 aliphatic carbocycles. The van der Waals surface area contributed by atoms with Gasteiger partial charge in [-0.3, -0.25) is 9.69 Å². The zero-order chi connectivity index (χ0) is 16.1. The summed E-state index contributed by atoms with van der Waals surface area (Å²) in [5.41, 5.74) is 0.624. The zero-order valence-electron chi connectivity index (χ0n) is 12.9. The topological polar surface area (TPSA) is 59.8 Å². The van der Waals surface area contributed by atoms with Gasteiger partial charge in [-0.2, -0.15) is 0 Å². The van der Waals surface area contributed by atoms with E-state index in [0.29, 0.717) is 17.9 Å². The van der Waals surface area contributed by atoms with E-state index >= 15 is 0 Å².